The molecule has 4 heteroatoms. The average Bonchev–Trinajstić information content (AvgIpc) is 3.14. The van der Waals surface area contributed by atoms with Crippen molar-refractivity contribution in [3.05, 3.63) is 12.2 Å². The van der Waals surface area contributed by atoms with Crippen molar-refractivity contribution in [2.24, 2.45) is 34.0 Å². The molecule has 4 aliphatic heterocycles. The second kappa shape index (κ2) is 4.42. The summed E-state index contributed by atoms with van der Waals surface area (Å²) in [5.41, 5.74) is 1.55. The number of hydrogen-bond acceptors (Lipinski definition) is 4. The van der Waals surface area contributed by atoms with Gasteiger partial charge in [0, 0.05) is 22.8 Å². The van der Waals surface area contributed by atoms with Crippen molar-refractivity contribution in [3.8, 4) is 0 Å². The predicted molar refractivity (Wildman–Crippen MR) is 96.0 cm³/mol. The van der Waals surface area contributed by atoms with Crippen LogP contribution in [0.3, 0.4) is 0 Å². The van der Waals surface area contributed by atoms with Gasteiger partial charge in [-0.25, -0.2) is 4.90 Å². The summed E-state index contributed by atoms with van der Waals surface area (Å²) in [5, 5.41) is 11.4. The van der Waals surface area contributed by atoms with E-state index in [4.69, 9.17) is 9.47 Å². The first-order valence-corrected chi connectivity index (χ1v) is 10.9. The van der Waals surface area contributed by atoms with E-state index in [0.29, 0.717) is 17.8 Å². The van der Waals surface area contributed by atoms with E-state index >= 15 is 0 Å². The fourth-order valence-electron chi connectivity index (χ4n) is 9.72. The van der Waals surface area contributed by atoms with E-state index in [1.54, 1.807) is 0 Å². The molecule has 0 aromatic rings. The zero-order valence-corrected chi connectivity index (χ0v) is 15.8. The van der Waals surface area contributed by atoms with Crippen molar-refractivity contribution in [3.63, 3.8) is 0 Å². The van der Waals surface area contributed by atoms with Gasteiger partial charge in [0.15, 0.2) is 0 Å². The highest BCUT2D eigenvalue weighted by molar-refractivity contribution is 5.32. The Balaban J connectivity index is 1.45. The second-order valence-electron chi connectivity index (χ2n) is 10.8. The summed E-state index contributed by atoms with van der Waals surface area (Å²) in [7, 11) is 0. The lowest BCUT2D eigenvalue weighted by Crippen LogP contribution is -2.83. The molecule has 2 spiro atoms. The smallest absolute Gasteiger partial charge is 0.119 e. The van der Waals surface area contributed by atoms with Crippen LogP contribution < -0.4 is 0 Å². The first kappa shape index (κ1) is 15.5. The van der Waals surface area contributed by atoms with E-state index in [-0.39, 0.29) is 40.9 Å². The number of aliphatic hydroxyl groups is 1. The normalized spacial score (nSPS) is 65.2. The maximum absolute atomic E-state index is 11.4. The van der Waals surface area contributed by atoms with Crippen LogP contribution in [0.5, 0.6) is 0 Å². The standard InChI is InChI=1S/C22H31NO3/c1-12-13-4-7-22(17(12)24)15(10-13)21-6-3-5-20(2)14(21)11-16(22)26-19(21)23-8-9-25-18(20)23/h13-19,24H,1,3-11H2,2H3/t13-,14+,15-,16+,17-,18+,19+,20+,21-,22+/m0/s1. The quantitative estimate of drug-likeness (QED) is 0.677. The molecule has 9 fully saturated rings. The summed E-state index contributed by atoms with van der Waals surface area (Å²) >= 11 is 0. The molecule has 5 saturated carbocycles. The van der Waals surface area contributed by atoms with Crippen molar-refractivity contribution < 1.29 is 14.6 Å². The minimum absolute atomic E-state index is 0.0511. The maximum Gasteiger partial charge on any atom is 0.119 e. The van der Waals surface area contributed by atoms with Crippen molar-refractivity contribution in [2.45, 2.75) is 76.5 Å². The van der Waals surface area contributed by atoms with Crippen LogP contribution in [0.4, 0.5) is 0 Å². The highest BCUT2D eigenvalue weighted by Gasteiger charge is 2.80. The van der Waals surface area contributed by atoms with Gasteiger partial charge in [0.05, 0.1) is 18.8 Å². The molecule has 0 aromatic carbocycles. The third kappa shape index (κ3) is 1.32. The van der Waals surface area contributed by atoms with E-state index < -0.39 is 0 Å². The number of nitrogens with zero attached hydrogens (tertiary/aromatic N) is 1. The van der Waals surface area contributed by atoms with Gasteiger partial charge in [-0.05, 0) is 61.9 Å². The molecule has 26 heavy (non-hydrogen) atoms. The fraction of sp³-hybridized carbons (Fsp3) is 0.909. The number of aliphatic hydroxyl groups excluding tert-OH is 1. The molecule has 4 nitrogen and oxygen atoms in total. The monoisotopic (exact) mass is 357 g/mol. The minimum Gasteiger partial charge on any atom is -0.388 e. The molecule has 9 aliphatic rings. The van der Waals surface area contributed by atoms with Gasteiger partial charge >= 0.3 is 0 Å². The van der Waals surface area contributed by atoms with Gasteiger partial charge in [-0.3, -0.25) is 0 Å². The van der Waals surface area contributed by atoms with Gasteiger partial charge in [0.1, 0.15) is 12.5 Å². The first-order chi connectivity index (χ1) is 12.5. The number of rotatable bonds is 0. The predicted octanol–water partition coefficient (Wildman–Crippen LogP) is 2.91. The Morgan fingerprint density at radius 3 is 2.88 bits per heavy atom. The highest BCUT2D eigenvalue weighted by Crippen LogP contribution is 2.79. The molecule has 7 bridgehead atoms. The zero-order valence-electron chi connectivity index (χ0n) is 15.8. The Labute approximate surface area is 155 Å². The molecule has 0 radical (unpaired) electrons. The largest absolute Gasteiger partial charge is 0.388 e. The summed E-state index contributed by atoms with van der Waals surface area (Å²) in [6.07, 6.45) is 8.94. The summed E-state index contributed by atoms with van der Waals surface area (Å²) in [6.45, 7) is 8.71. The molecule has 4 heterocycles. The van der Waals surface area contributed by atoms with Crippen LogP contribution in [-0.4, -0.2) is 47.8 Å². The van der Waals surface area contributed by atoms with Crippen molar-refractivity contribution in [1.29, 1.82) is 0 Å². The second-order valence-corrected chi connectivity index (χ2v) is 10.8. The van der Waals surface area contributed by atoms with Gasteiger partial charge in [-0.1, -0.05) is 19.9 Å². The number of ether oxygens (including phenoxy) is 2. The van der Waals surface area contributed by atoms with Crippen LogP contribution in [0.15, 0.2) is 12.2 Å². The van der Waals surface area contributed by atoms with E-state index in [0.717, 1.165) is 31.6 Å². The summed E-state index contributed by atoms with van der Waals surface area (Å²) < 4.78 is 13.2. The van der Waals surface area contributed by atoms with Crippen LogP contribution in [0.25, 0.3) is 0 Å². The number of fused-ring (bicyclic) bond motifs is 4. The Bertz CT molecular complexity index is 710. The van der Waals surface area contributed by atoms with Crippen LogP contribution in [-0.2, 0) is 9.47 Å². The lowest BCUT2D eigenvalue weighted by Gasteiger charge is -2.80. The van der Waals surface area contributed by atoms with Gasteiger partial charge in [-0.15, -0.1) is 0 Å². The lowest BCUT2D eigenvalue weighted by atomic mass is 9.32. The van der Waals surface area contributed by atoms with Crippen LogP contribution >= 0.6 is 0 Å². The van der Waals surface area contributed by atoms with Crippen LogP contribution in [0.2, 0.25) is 0 Å². The molecule has 10 atom stereocenters. The van der Waals surface area contributed by atoms with Crippen LogP contribution in [0, 0.1) is 34.0 Å². The SMILES string of the molecule is C=C1[C@H]2CC[C@]3([C@@H](C2)[C@]24CCC[C@]5(C)[C@H]2C[C@H]3O[C@H]4N2CCO[C@@H]25)[C@H]1O. The molecule has 5 aliphatic carbocycles. The van der Waals surface area contributed by atoms with Gasteiger partial charge in [0.25, 0.3) is 0 Å². The van der Waals surface area contributed by atoms with Crippen molar-refractivity contribution >= 4 is 0 Å². The zero-order chi connectivity index (χ0) is 17.5. The topological polar surface area (TPSA) is 41.9 Å². The molecule has 0 aromatic heterocycles. The summed E-state index contributed by atoms with van der Waals surface area (Å²) in [6, 6.07) is 0. The molecular formula is C22H31NO3. The highest BCUT2D eigenvalue weighted by atomic mass is 16.6. The van der Waals surface area contributed by atoms with Gasteiger partial charge in [-0.2, -0.15) is 0 Å². The molecule has 4 saturated heterocycles. The molecule has 1 N–H and O–H groups in total. The Morgan fingerprint density at radius 2 is 2.00 bits per heavy atom. The average molecular weight is 357 g/mol. The summed E-state index contributed by atoms with van der Waals surface area (Å²) in [5.74, 6) is 1.84. The number of piperidine rings is 1. The molecule has 0 amide bonds. The van der Waals surface area contributed by atoms with E-state index in [1.165, 1.54) is 32.1 Å². The molecule has 142 valence electrons. The molecular weight excluding hydrogens is 326 g/mol. The Hall–Kier alpha value is -0.420. The van der Waals surface area contributed by atoms with E-state index in [9.17, 15) is 5.11 Å². The lowest BCUT2D eigenvalue weighted by molar-refractivity contribution is -0.422. The Kier molecular flexibility index (Phi) is 2.64. The first-order valence-electron chi connectivity index (χ1n) is 10.9. The van der Waals surface area contributed by atoms with E-state index in [1.807, 2.05) is 0 Å². The number of hydrogen-bond donors (Lipinski definition) is 1. The Morgan fingerprint density at radius 1 is 1.12 bits per heavy atom. The van der Waals surface area contributed by atoms with E-state index in [2.05, 4.69) is 18.4 Å². The third-order valence-corrected chi connectivity index (χ3v) is 10.5. The third-order valence-electron chi connectivity index (χ3n) is 10.5. The van der Waals surface area contributed by atoms with Gasteiger partial charge < -0.3 is 14.6 Å². The van der Waals surface area contributed by atoms with Crippen LogP contribution in [0.1, 0.15) is 51.9 Å². The van der Waals surface area contributed by atoms with Crippen molar-refractivity contribution in [1.82, 2.24) is 4.90 Å². The minimum atomic E-state index is -0.345. The molecule has 9 rings (SSSR count). The molecule has 0 unspecified atom stereocenters. The fourth-order valence-corrected chi connectivity index (χ4v) is 9.72. The van der Waals surface area contributed by atoms with Gasteiger partial charge in [0.2, 0.25) is 0 Å². The maximum atomic E-state index is 11.4. The summed E-state index contributed by atoms with van der Waals surface area (Å²) in [4.78, 5) is 2.60. The van der Waals surface area contributed by atoms with Crippen molar-refractivity contribution in [2.75, 3.05) is 13.2 Å².